The molecule has 1 N–H and O–H groups in total. The molecular formula is C21H16F3NO2. The Kier molecular flexibility index (Phi) is 3.96. The van der Waals surface area contributed by atoms with Crippen LogP contribution in [0.15, 0.2) is 60.8 Å². The summed E-state index contributed by atoms with van der Waals surface area (Å²) in [5.74, 6) is 0.0530. The number of pyridine rings is 1. The molecule has 2 aromatic carbocycles. The van der Waals surface area contributed by atoms with Gasteiger partial charge in [-0.15, -0.1) is 0 Å². The molecule has 1 aromatic heterocycles. The van der Waals surface area contributed by atoms with Crippen molar-refractivity contribution in [1.82, 2.24) is 4.98 Å². The average Bonchev–Trinajstić information content (AvgIpc) is 3.06. The van der Waals surface area contributed by atoms with E-state index in [9.17, 15) is 18.3 Å². The summed E-state index contributed by atoms with van der Waals surface area (Å²) >= 11 is 0. The third-order valence-electron chi connectivity index (χ3n) is 4.95. The Morgan fingerprint density at radius 1 is 1.00 bits per heavy atom. The van der Waals surface area contributed by atoms with Crippen LogP contribution in [-0.4, -0.2) is 10.1 Å². The van der Waals surface area contributed by atoms with Gasteiger partial charge in [0, 0.05) is 17.3 Å². The molecule has 3 aromatic rings. The second-order valence-electron chi connectivity index (χ2n) is 6.50. The van der Waals surface area contributed by atoms with E-state index >= 15 is 0 Å². The van der Waals surface area contributed by atoms with Gasteiger partial charge >= 0.3 is 6.18 Å². The molecule has 4 rings (SSSR count). The number of aryl methyl sites for hydroxylation is 1. The van der Waals surface area contributed by atoms with Gasteiger partial charge in [-0.2, -0.15) is 13.2 Å². The van der Waals surface area contributed by atoms with Gasteiger partial charge in [-0.25, -0.2) is 0 Å². The van der Waals surface area contributed by atoms with E-state index in [4.69, 9.17) is 4.74 Å². The molecule has 0 aliphatic carbocycles. The van der Waals surface area contributed by atoms with Crippen LogP contribution in [0.4, 0.5) is 13.2 Å². The maximum atomic E-state index is 13.0. The summed E-state index contributed by atoms with van der Waals surface area (Å²) in [6.45, 7) is 1.83. The first-order valence-electron chi connectivity index (χ1n) is 8.39. The topological polar surface area (TPSA) is 42.4 Å². The highest BCUT2D eigenvalue weighted by atomic mass is 19.4. The van der Waals surface area contributed by atoms with Crippen LogP contribution in [0.5, 0.6) is 5.75 Å². The van der Waals surface area contributed by atoms with Crippen LogP contribution in [0.2, 0.25) is 0 Å². The van der Waals surface area contributed by atoms with Crippen molar-refractivity contribution in [2.45, 2.75) is 25.3 Å². The number of ether oxygens (including phenoxy) is 1. The summed E-state index contributed by atoms with van der Waals surface area (Å²) < 4.78 is 45.1. The molecule has 1 aliphatic rings. The minimum atomic E-state index is -4.41. The van der Waals surface area contributed by atoms with Crippen molar-refractivity contribution in [2.24, 2.45) is 0 Å². The standard InChI is InChI=1S/C21H16F3NO2/c1-13-19(26)17-12-27-20(18(17)11-25-13,14-5-3-2-4-6-14)15-7-9-16(10-8-15)21(22,23)24/h2-11,26H,12H2,1H3. The second kappa shape index (κ2) is 6.09. The van der Waals surface area contributed by atoms with Crippen molar-refractivity contribution in [1.29, 1.82) is 0 Å². The minimum absolute atomic E-state index is 0.0530. The number of alkyl halides is 3. The van der Waals surface area contributed by atoms with Gasteiger partial charge in [-0.3, -0.25) is 4.98 Å². The molecule has 0 saturated carbocycles. The number of hydrogen-bond acceptors (Lipinski definition) is 3. The van der Waals surface area contributed by atoms with Gasteiger partial charge in [0.15, 0.2) is 0 Å². The highest BCUT2D eigenvalue weighted by Crippen LogP contribution is 2.49. The first kappa shape index (κ1) is 17.5. The van der Waals surface area contributed by atoms with Gasteiger partial charge in [0.05, 0.1) is 17.9 Å². The van der Waals surface area contributed by atoms with Crippen LogP contribution >= 0.6 is 0 Å². The lowest BCUT2D eigenvalue weighted by atomic mass is 9.80. The van der Waals surface area contributed by atoms with Crippen LogP contribution < -0.4 is 0 Å². The Bertz CT molecular complexity index is 985. The molecule has 0 saturated heterocycles. The molecule has 2 heterocycles. The lowest BCUT2D eigenvalue weighted by molar-refractivity contribution is -0.137. The Hall–Kier alpha value is -2.86. The monoisotopic (exact) mass is 371 g/mol. The maximum Gasteiger partial charge on any atom is 0.416 e. The van der Waals surface area contributed by atoms with E-state index < -0.39 is 17.3 Å². The predicted octanol–water partition coefficient (Wildman–Crippen LogP) is 4.94. The van der Waals surface area contributed by atoms with E-state index in [0.29, 0.717) is 22.4 Å². The largest absolute Gasteiger partial charge is 0.506 e. The van der Waals surface area contributed by atoms with E-state index in [1.807, 2.05) is 30.3 Å². The Morgan fingerprint density at radius 2 is 1.63 bits per heavy atom. The molecule has 0 radical (unpaired) electrons. The zero-order valence-corrected chi connectivity index (χ0v) is 14.4. The van der Waals surface area contributed by atoms with Crippen molar-refractivity contribution in [3.8, 4) is 5.75 Å². The zero-order chi connectivity index (χ0) is 19.2. The summed E-state index contributed by atoms with van der Waals surface area (Å²) in [4.78, 5) is 4.24. The second-order valence-corrected chi connectivity index (χ2v) is 6.50. The Balaban J connectivity index is 1.95. The van der Waals surface area contributed by atoms with Crippen LogP contribution in [0.3, 0.4) is 0 Å². The molecule has 0 fully saturated rings. The molecule has 1 atom stereocenters. The summed E-state index contributed by atoms with van der Waals surface area (Å²) in [6.07, 6.45) is -2.79. The highest BCUT2D eigenvalue weighted by Gasteiger charge is 2.45. The first-order valence-corrected chi connectivity index (χ1v) is 8.39. The van der Waals surface area contributed by atoms with Crippen molar-refractivity contribution in [3.05, 3.63) is 94.3 Å². The van der Waals surface area contributed by atoms with Gasteiger partial charge in [-0.1, -0.05) is 42.5 Å². The fourth-order valence-corrected chi connectivity index (χ4v) is 3.57. The normalized spacial score (nSPS) is 19.1. The Morgan fingerprint density at radius 3 is 2.26 bits per heavy atom. The van der Waals surface area contributed by atoms with Gasteiger partial charge < -0.3 is 9.84 Å². The highest BCUT2D eigenvalue weighted by molar-refractivity contribution is 5.56. The van der Waals surface area contributed by atoms with E-state index in [-0.39, 0.29) is 12.4 Å². The fourth-order valence-electron chi connectivity index (χ4n) is 3.57. The summed E-state index contributed by atoms with van der Waals surface area (Å²) in [5, 5.41) is 10.4. The van der Waals surface area contributed by atoms with Crippen LogP contribution in [0.1, 0.15) is 33.5 Å². The number of aromatic nitrogens is 1. The van der Waals surface area contributed by atoms with Crippen LogP contribution in [-0.2, 0) is 23.1 Å². The smallest absolute Gasteiger partial charge is 0.416 e. The van der Waals surface area contributed by atoms with Gasteiger partial charge in [0.25, 0.3) is 0 Å². The Labute approximate surface area is 154 Å². The number of hydrogen-bond donors (Lipinski definition) is 1. The van der Waals surface area contributed by atoms with E-state index in [2.05, 4.69) is 4.98 Å². The van der Waals surface area contributed by atoms with Crippen molar-refractivity contribution in [2.75, 3.05) is 0 Å². The number of rotatable bonds is 2. The molecule has 0 bridgehead atoms. The van der Waals surface area contributed by atoms with Crippen molar-refractivity contribution in [3.63, 3.8) is 0 Å². The van der Waals surface area contributed by atoms with Crippen molar-refractivity contribution < 1.29 is 23.0 Å². The van der Waals surface area contributed by atoms with Crippen LogP contribution in [0.25, 0.3) is 0 Å². The number of aromatic hydroxyl groups is 1. The molecular weight excluding hydrogens is 355 g/mol. The molecule has 0 spiro atoms. The summed E-state index contributed by atoms with van der Waals surface area (Å²) in [7, 11) is 0. The summed E-state index contributed by atoms with van der Waals surface area (Å²) in [5.41, 5.74) is 1.17. The van der Waals surface area contributed by atoms with Gasteiger partial charge in [0.2, 0.25) is 0 Å². The van der Waals surface area contributed by atoms with E-state index in [1.165, 1.54) is 12.1 Å². The van der Waals surface area contributed by atoms with E-state index in [1.54, 1.807) is 13.1 Å². The third-order valence-corrected chi connectivity index (χ3v) is 4.95. The quantitative estimate of drug-likeness (QED) is 0.694. The van der Waals surface area contributed by atoms with Gasteiger partial charge in [-0.05, 0) is 30.2 Å². The molecule has 138 valence electrons. The average molecular weight is 371 g/mol. The van der Waals surface area contributed by atoms with E-state index in [0.717, 1.165) is 17.7 Å². The molecule has 6 heteroatoms. The number of fused-ring (bicyclic) bond motifs is 1. The number of benzene rings is 2. The molecule has 3 nitrogen and oxygen atoms in total. The molecule has 27 heavy (non-hydrogen) atoms. The number of nitrogens with zero attached hydrogens (tertiary/aromatic N) is 1. The third kappa shape index (κ3) is 2.68. The molecule has 1 unspecified atom stereocenters. The predicted molar refractivity (Wildman–Crippen MR) is 93.2 cm³/mol. The zero-order valence-electron chi connectivity index (χ0n) is 14.4. The molecule has 0 amide bonds. The maximum absolute atomic E-state index is 13.0. The number of halogens is 3. The van der Waals surface area contributed by atoms with Crippen LogP contribution in [0, 0.1) is 6.92 Å². The summed E-state index contributed by atoms with van der Waals surface area (Å²) in [6, 6.07) is 14.2. The first-order chi connectivity index (χ1) is 12.8. The lowest BCUT2D eigenvalue weighted by Gasteiger charge is -2.31. The SMILES string of the molecule is Cc1ncc2c(c1O)COC2(c1ccccc1)c1ccc(C(F)(F)F)cc1. The lowest BCUT2D eigenvalue weighted by Crippen LogP contribution is -2.29. The minimum Gasteiger partial charge on any atom is -0.506 e. The molecule has 1 aliphatic heterocycles. The van der Waals surface area contributed by atoms with Gasteiger partial charge in [0.1, 0.15) is 11.4 Å². The van der Waals surface area contributed by atoms with Crippen molar-refractivity contribution >= 4 is 0 Å². The fraction of sp³-hybridized carbons (Fsp3) is 0.190.